The zero-order valence-corrected chi connectivity index (χ0v) is 14.0. The van der Waals surface area contributed by atoms with Crippen LogP contribution in [0.3, 0.4) is 0 Å². The first-order valence-corrected chi connectivity index (χ1v) is 7.44. The highest BCUT2D eigenvalue weighted by Gasteiger charge is 2.24. The Morgan fingerprint density at radius 1 is 0.900 bits per heavy atom. The first-order chi connectivity index (χ1) is 9.11. The van der Waals surface area contributed by atoms with Gasteiger partial charge in [-0.2, -0.15) is 0 Å². The molecule has 0 aromatic carbocycles. The van der Waals surface area contributed by atoms with Crippen molar-refractivity contribution >= 4 is 0 Å². The predicted octanol–water partition coefficient (Wildman–Crippen LogP) is 4.64. The minimum absolute atomic E-state index is 0.0989. The van der Waals surface area contributed by atoms with Gasteiger partial charge in [-0.1, -0.05) is 0 Å². The Bertz CT molecular complexity index is 572. The van der Waals surface area contributed by atoms with Crippen molar-refractivity contribution in [1.29, 1.82) is 0 Å². The number of hydrogen-bond acceptors (Lipinski definition) is 0. The number of hydrogen-bond donors (Lipinski definition) is 0. The van der Waals surface area contributed by atoms with Crippen molar-refractivity contribution in [2.75, 3.05) is 0 Å². The number of aryl methyl sites for hydroxylation is 2. The molecule has 0 N–H and O–H groups in total. The second kappa shape index (κ2) is 4.83. The molecule has 0 aliphatic heterocycles. The lowest BCUT2D eigenvalue weighted by Gasteiger charge is -2.30. The van der Waals surface area contributed by atoms with Crippen LogP contribution >= 0.6 is 0 Å². The van der Waals surface area contributed by atoms with Crippen LogP contribution in [-0.4, -0.2) is 9.13 Å². The smallest absolute Gasteiger partial charge is 0.0429 e. The van der Waals surface area contributed by atoms with Gasteiger partial charge in [-0.15, -0.1) is 0 Å². The molecule has 0 saturated heterocycles. The Hall–Kier alpha value is -1.44. The topological polar surface area (TPSA) is 9.86 Å². The summed E-state index contributed by atoms with van der Waals surface area (Å²) in [6, 6.07) is 6.66. The molecule has 0 radical (unpaired) electrons. The van der Waals surface area contributed by atoms with Gasteiger partial charge in [0.15, 0.2) is 0 Å². The van der Waals surface area contributed by atoms with Crippen molar-refractivity contribution < 1.29 is 0 Å². The highest BCUT2D eigenvalue weighted by atomic mass is 15.1. The average Bonchev–Trinajstić information content (AvgIpc) is 2.84. The van der Waals surface area contributed by atoms with E-state index in [4.69, 9.17) is 0 Å². The van der Waals surface area contributed by atoms with Gasteiger partial charge in [-0.25, -0.2) is 0 Å². The molecule has 2 heteroatoms. The maximum absolute atomic E-state index is 2.45. The van der Waals surface area contributed by atoms with Gasteiger partial charge < -0.3 is 9.13 Å². The van der Waals surface area contributed by atoms with Crippen molar-refractivity contribution in [2.45, 2.75) is 66.0 Å². The van der Waals surface area contributed by atoms with Crippen LogP contribution < -0.4 is 0 Å². The molecule has 0 saturated carbocycles. The van der Waals surface area contributed by atoms with Crippen LogP contribution in [0.25, 0.3) is 0 Å². The Labute approximate surface area is 123 Å². The van der Waals surface area contributed by atoms with Gasteiger partial charge in [0.1, 0.15) is 0 Å². The third-order valence-electron chi connectivity index (χ3n) is 4.04. The minimum atomic E-state index is 0.0989. The first-order valence-electron chi connectivity index (χ1n) is 7.44. The molecule has 2 rings (SSSR count). The van der Waals surface area contributed by atoms with E-state index >= 15 is 0 Å². The zero-order chi connectivity index (χ0) is 15.1. The largest absolute Gasteiger partial charge is 0.349 e. The summed E-state index contributed by atoms with van der Waals surface area (Å²) in [4.78, 5) is 0. The van der Waals surface area contributed by atoms with Gasteiger partial charge in [-0.3, -0.25) is 0 Å². The molecular weight excluding hydrogens is 244 g/mol. The standard InChI is InChI=1S/C18H28N2/c1-14-8-9-15(2)20(14)18(6,7)12-16-10-11-19(13-16)17(3,4)5/h8-11,13H,12H2,1-7H3. The van der Waals surface area contributed by atoms with E-state index in [0.717, 1.165) is 6.42 Å². The SMILES string of the molecule is Cc1ccc(C)n1C(C)(C)Cc1ccn(C(C)(C)C)c1. The van der Waals surface area contributed by atoms with Gasteiger partial charge in [0.25, 0.3) is 0 Å². The van der Waals surface area contributed by atoms with Crippen molar-refractivity contribution in [2.24, 2.45) is 0 Å². The van der Waals surface area contributed by atoms with Crippen LogP contribution in [-0.2, 0) is 17.5 Å². The van der Waals surface area contributed by atoms with Crippen LogP contribution in [0.5, 0.6) is 0 Å². The quantitative estimate of drug-likeness (QED) is 0.770. The summed E-state index contributed by atoms with van der Waals surface area (Å²) in [7, 11) is 0. The summed E-state index contributed by atoms with van der Waals surface area (Å²) in [6.07, 6.45) is 5.53. The van der Waals surface area contributed by atoms with E-state index in [1.54, 1.807) is 0 Å². The van der Waals surface area contributed by atoms with E-state index in [1.807, 2.05) is 0 Å². The summed E-state index contributed by atoms with van der Waals surface area (Å²) in [6.45, 7) is 15.7. The lowest BCUT2D eigenvalue weighted by Crippen LogP contribution is -2.30. The summed E-state index contributed by atoms with van der Waals surface area (Å²) in [5, 5.41) is 0. The summed E-state index contributed by atoms with van der Waals surface area (Å²) in [5.41, 5.74) is 4.33. The molecule has 2 aromatic heterocycles. The van der Waals surface area contributed by atoms with E-state index in [9.17, 15) is 0 Å². The summed E-state index contributed by atoms with van der Waals surface area (Å²) in [5.74, 6) is 0. The Morgan fingerprint density at radius 2 is 1.45 bits per heavy atom. The highest BCUT2D eigenvalue weighted by molar-refractivity contribution is 5.20. The Morgan fingerprint density at radius 3 is 1.90 bits per heavy atom. The van der Waals surface area contributed by atoms with Crippen LogP contribution in [0.15, 0.2) is 30.6 Å². The van der Waals surface area contributed by atoms with Crippen LogP contribution in [0, 0.1) is 13.8 Å². The molecule has 0 unspecified atom stereocenters. The van der Waals surface area contributed by atoms with Crippen molar-refractivity contribution in [3.05, 3.63) is 47.5 Å². The molecule has 20 heavy (non-hydrogen) atoms. The van der Waals surface area contributed by atoms with E-state index in [-0.39, 0.29) is 11.1 Å². The van der Waals surface area contributed by atoms with E-state index < -0.39 is 0 Å². The molecule has 0 fully saturated rings. The van der Waals surface area contributed by atoms with Gasteiger partial charge in [0.2, 0.25) is 0 Å². The minimum Gasteiger partial charge on any atom is -0.349 e. The second-order valence-corrected chi connectivity index (χ2v) is 7.54. The third-order valence-corrected chi connectivity index (χ3v) is 4.04. The third kappa shape index (κ3) is 2.84. The lowest BCUT2D eigenvalue weighted by atomic mass is 9.95. The fourth-order valence-corrected chi connectivity index (χ4v) is 3.16. The maximum Gasteiger partial charge on any atom is 0.0429 e. The van der Waals surface area contributed by atoms with Gasteiger partial charge >= 0.3 is 0 Å². The molecular formula is C18H28N2. The monoisotopic (exact) mass is 272 g/mol. The molecule has 0 aliphatic rings. The molecule has 0 spiro atoms. The zero-order valence-electron chi connectivity index (χ0n) is 14.0. The van der Waals surface area contributed by atoms with E-state index in [1.165, 1.54) is 17.0 Å². The molecule has 0 atom stereocenters. The lowest BCUT2D eigenvalue weighted by molar-refractivity contribution is 0.339. The number of aromatic nitrogens is 2. The van der Waals surface area contributed by atoms with Gasteiger partial charge in [0.05, 0.1) is 0 Å². The van der Waals surface area contributed by atoms with Crippen LogP contribution in [0.1, 0.15) is 51.6 Å². The molecule has 0 amide bonds. The Kier molecular flexibility index (Phi) is 3.62. The number of rotatable bonds is 3. The maximum atomic E-state index is 2.45. The number of nitrogens with zero attached hydrogens (tertiary/aromatic N) is 2. The van der Waals surface area contributed by atoms with Crippen molar-refractivity contribution in [3.8, 4) is 0 Å². The average molecular weight is 272 g/mol. The first kappa shape index (κ1) is 15.0. The summed E-state index contributed by atoms with van der Waals surface area (Å²) < 4.78 is 4.75. The molecule has 0 bridgehead atoms. The van der Waals surface area contributed by atoms with E-state index in [2.05, 4.69) is 88.2 Å². The molecule has 2 aromatic rings. The van der Waals surface area contributed by atoms with Gasteiger partial charge in [-0.05, 0) is 78.6 Å². The fraction of sp³-hybridized carbons (Fsp3) is 0.556. The van der Waals surface area contributed by atoms with Gasteiger partial charge in [0, 0.05) is 34.9 Å². The molecule has 0 aliphatic carbocycles. The van der Waals surface area contributed by atoms with E-state index in [0.29, 0.717) is 0 Å². The predicted molar refractivity (Wildman–Crippen MR) is 86.4 cm³/mol. The normalized spacial score (nSPS) is 12.9. The second-order valence-electron chi connectivity index (χ2n) is 7.54. The molecule has 110 valence electrons. The fourth-order valence-electron chi connectivity index (χ4n) is 3.16. The molecule has 2 heterocycles. The van der Waals surface area contributed by atoms with Crippen LogP contribution in [0.4, 0.5) is 0 Å². The van der Waals surface area contributed by atoms with Crippen molar-refractivity contribution in [1.82, 2.24) is 9.13 Å². The summed E-state index contributed by atoms with van der Waals surface area (Å²) >= 11 is 0. The van der Waals surface area contributed by atoms with Crippen molar-refractivity contribution in [3.63, 3.8) is 0 Å². The molecule has 2 nitrogen and oxygen atoms in total. The highest BCUT2D eigenvalue weighted by Crippen LogP contribution is 2.27. The van der Waals surface area contributed by atoms with Crippen LogP contribution in [0.2, 0.25) is 0 Å². The Balaban J connectivity index is 2.27.